The molecule has 5 heteroatoms. The van der Waals surface area contributed by atoms with E-state index in [1.807, 2.05) is 6.92 Å². The van der Waals surface area contributed by atoms with Crippen LogP contribution in [-0.4, -0.2) is 25.2 Å². The Labute approximate surface area is 101 Å². The first-order valence-electron chi connectivity index (χ1n) is 5.42. The maximum Gasteiger partial charge on any atom is 0.338 e. The smallest absolute Gasteiger partial charge is 0.338 e. The minimum Gasteiger partial charge on any atom is -0.466 e. The van der Waals surface area contributed by atoms with Crippen molar-refractivity contribution in [2.24, 2.45) is 0 Å². The summed E-state index contributed by atoms with van der Waals surface area (Å²) in [4.78, 5) is 22.4. The number of esters is 2. The summed E-state index contributed by atoms with van der Waals surface area (Å²) in [5, 5.41) is 8.61. The van der Waals surface area contributed by atoms with E-state index in [-0.39, 0.29) is 5.57 Å². The molecule has 0 radical (unpaired) electrons. The number of methoxy groups -OCH3 is 1. The summed E-state index contributed by atoms with van der Waals surface area (Å²) in [6.07, 6.45) is 2.55. The normalized spacial score (nSPS) is 12.5. The predicted molar refractivity (Wildman–Crippen MR) is 60.8 cm³/mol. The van der Waals surface area contributed by atoms with Crippen molar-refractivity contribution in [1.82, 2.24) is 0 Å². The molecule has 0 aliphatic heterocycles. The van der Waals surface area contributed by atoms with Crippen LogP contribution in [0, 0.1) is 11.3 Å². The number of nitriles is 1. The van der Waals surface area contributed by atoms with E-state index in [1.165, 1.54) is 14.0 Å². The minimum atomic E-state index is -0.709. The molecular weight excluding hydrogens is 222 g/mol. The third kappa shape index (κ3) is 5.71. The Morgan fingerprint density at radius 2 is 2.12 bits per heavy atom. The lowest BCUT2D eigenvalue weighted by atomic mass is 10.0. The van der Waals surface area contributed by atoms with Crippen LogP contribution in [0.5, 0.6) is 0 Å². The van der Waals surface area contributed by atoms with Crippen molar-refractivity contribution in [3.63, 3.8) is 0 Å². The van der Waals surface area contributed by atoms with Gasteiger partial charge in [-0.15, -0.1) is 0 Å². The Kier molecular flexibility index (Phi) is 7.44. The van der Waals surface area contributed by atoms with Gasteiger partial charge in [-0.25, -0.2) is 4.79 Å². The highest BCUT2D eigenvalue weighted by molar-refractivity contribution is 5.90. The van der Waals surface area contributed by atoms with Crippen LogP contribution < -0.4 is 0 Å². The van der Waals surface area contributed by atoms with Crippen LogP contribution in [0.15, 0.2) is 11.6 Å². The average Bonchev–Trinajstić information content (AvgIpc) is 2.30. The lowest BCUT2D eigenvalue weighted by Crippen LogP contribution is -2.24. The summed E-state index contributed by atoms with van der Waals surface area (Å²) in [6, 6.07) is 1.76. The monoisotopic (exact) mass is 239 g/mol. The molecule has 0 amide bonds. The molecule has 0 fully saturated rings. The quantitative estimate of drug-likeness (QED) is 0.401. The Hall–Kier alpha value is -1.83. The maximum atomic E-state index is 11.5. The first kappa shape index (κ1) is 15.2. The molecule has 0 aliphatic carbocycles. The summed E-state index contributed by atoms with van der Waals surface area (Å²) in [5.74, 6) is -1.13. The zero-order chi connectivity index (χ0) is 13.3. The molecule has 0 bridgehead atoms. The number of ether oxygens (including phenoxy) is 2. The van der Waals surface area contributed by atoms with Crippen LogP contribution >= 0.6 is 0 Å². The lowest BCUT2D eigenvalue weighted by Gasteiger charge is -2.17. The van der Waals surface area contributed by atoms with Crippen molar-refractivity contribution in [1.29, 1.82) is 5.26 Å². The van der Waals surface area contributed by atoms with Crippen LogP contribution in [0.2, 0.25) is 0 Å². The highest BCUT2D eigenvalue weighted by Gasteiger charge is 2.24. The van der Waals surface area contributed by atoms with Crippen LogP contribution in [0.25, 0.3) is 0 Å². The van der Waals surface area contributed by atoms with Gasteiger partial charge in [0.15, 0.2) is 0 Å². The van der Waals surface area contributed by atoms with Gasteiger partial charge in [-0.05, 0) is 12.8 Å². The zero-order valence-electron chi connectivity index (χ0n) is 10.4. The van der Waals surface area contributed by atoms with E-state index in [2.05, 4.69) is 4.74 Å². The number of hydrogen-bond donors (Lipinski definition) is 0. The molecule has 0 aromatic rings. The summed E-state index contributed by atoms with van der Waals surface area (Å²) in [7, 11) is 1.22. The fourth-order valence-electron chi connectivity index (χ4n) is 1.34. The van der Waals surface area contributed by atoms with E-state index >= 15 is 0 Å². The van der Waals surface area contributed by atoms with Crippen LogP contribution in [-0.2, 0) is 19.1 Å². The molecule has 0 aromatic carbocycles. The Morgan fingerprint density at radius 3 is 2.53 bits per heavy atom. The first-order chi connectivity index (χ1) is 8.06. The van der Waals surface area contributed by atoms with Gasteiger partial charge in [-0.1, -0.05) is 13.3 Å². The number of nitrogens with zero attached hydrogens (tertiary/aromatic N) is 1. The standard InChI is InChI=1S/C12H17NO4/c1-4-5-6-11(17-9(2)14)10(7-8-13)12(15)16-3/h7,11H,4-6H2,1-3H3/b10-7-. The second-order valence-electron chi connectivity index (χ2n) is 3.46. The fourth-order valence-corrected chi connectivity index (χ4v) is 1.34. The topological polar surface area (TPSA) is 76.4 Å². The van der Waals surface area contributed by atoms with Crippen LogP contribution in [0.4, 0.5) is 0 Å². The van der Waals surface area contributed by atoms with Gasteiger partial charge < -0.3 is 9.47 Å². The third-order valence-electron chi connectivity index (χ3n) is 2.12. The van der Waals surface area contributed by atoms with Gasteiger partial charge in [0.05, 0.1) is 18.8 Å². The molecule has 1 atom stereocenters. The van der Waals surface area contributed by atoms with Crippen molar-refractivity contribution in [3.8, 4) is 6.07 Å². The molecule has 5 nitrogen and oxygen atoms in total. The van der Waals surface area contributed by atoms with Crippen molar-refractivity contribution in [2.45, 2.75) is 39.2 Å². The van der Waals surface area contributed by atoms with E-state index in [1.54, 1.807) is 6.07 Å². The molecule has 0 aromatic heterocycles. The van der Waals surface area contributed by atoms with E-state index in [0.717, 1.165) is 18.9 Å². The van der Waals surface area contributed by atoms with Crippen LogP contribution in [0.1, 0.15) is 33.1 Å². The predicted octanol–water partition coefficient (Wildman–Crippen LogP) is 1.73. The Bertz CT molecular complexity index is 341. The van der Waals surface area contributed by atoms with E-state index in [4.69, 9.17) is 10.00 Å². The Morgan fingerprint density at radius 1 is 1.47 bits per heavy atom. The van der Waals surface area contributed by atoms with Crippen molar-refractivity contribution in [3.05, 3.63) is 11.6 Å². The average molecular weight is 239 g/mol. The molecule has 0 aliphatic rings. The van der Waals surface area contributed by atoms with Crippen LogP contribution in [0.3, 0.4) is 0 Å². The van der Waals surface area contributed by atoms with Gasteiger partial charge in [0.1, 0.15) is 6.10 Å². The molecule has 0 heterocycles. The van der Waals surface area contributed by atoms with Gasteiger partial charge >= 0.3 is 11.9 Å². The number of rotatable bonds is 6. The molecule has 0 saturated carbocycles. The van der Waals surface area contributed by atoms with Gasteiger partial charge in [0.2, 0.25) is 0 Å². The highest BCUT2D eigenvalue weighted by atomic mass is 16.6. The van der Waals surface area contributed by atoms with E-state index in [0.29, 0.717) is 6.42 Å². The van der Waals surface area contributed by atoms with Gasteiger partial charge in [0, 0.05) is 13.0 Å². The van der Waals surface area contributed by atoms with Gasteiger partial charge in [-0.3, -0.25) is 4.79 Å². The number of unbranched alkanes of at least 4 members (excludes halogenated alkanes) is 1. The van der Waals surface area contributed by atoms with Crippen molar-refractivity contribution < 1.29 is 19.1 Å². The molecular formula is C12H17NO4. The second kappa shape index (κ2) is 8.34. The third-order valence-corrected chi connectivity index (χ3v) is 2.12. The van der Waals surface area contributed by atoms with E-state index < -0.39 is 18.0 Å². The molecule has 94 valence electrons. The molecule has 17 heavy (non-hydrogen) atoms. The zero-order valence-corrected chi connectivity index (χ0v) is 10.4. The number of carbonyl (C=O) groups is 2. The first-order valence-corrected chi connectivity index (χ1v) is 5.42. The summed E-state index contributed by atoms with van der Waals surface area (Å²) in [5.41, 5.74) is 0.0821. The maximum absolute atomic E-state index is 11.5. The Balaban J connectivity index is 4.94. The summed E-state index contributed by atoms with van der Waals surface area (Å²) >= 11 is 0. The SMILES string of the molecule is CCCCC(OC(C)=O)/C(=C/C#N)C(=O)OC. The van der Waals surface area contributed by atoms with Gasteiger partial charge in [0.25, 0.3) is 0 Å². The summed E-state index contributed by atoms with van der Waals surface area (Å²) < 4.78 is 9.59. The summed E-state index contributed by atoms with van der Waals surface area (Å²) in [6.45, 7) is 3.25. The second-order valence-corrected chi connectivity index (χ2v) is 3.46. The molecule has 0 saturated heterocycles. The number of hydrogen-bond acceptors (Lipinski definition) is 5. The lowest BCUT2D eigenvalue weighted by molar-refractivity contribution is -0.147. The largest absolute Gasteiger partial charge is 0.466 e. The molecule has 0 spiro atoms. The van der Waals surface area contributed by atoms with Crippen molar-refractivity contribution >= 4 is 11.9 Å². The van der Waals surface area contributed by atoms with Gasteiger partial charge in [-0.2, -0.15) is 5.26 Å². The number of carbonyl (C=O) groups excluding carboxylic acids is 2. The van der Waals surface area contributed by atoms with Crippen molar-refractivity contribution in [2.75, 3.05) is 7.11 Å². The molecule has 1 unspecified atom stereocenters. The number of allylic oxidation sites excluding steroid dienone is 1. The fraction of sp³-hybridized carbons (Fsp3) is 0.583. The highest BCUT2D eigenvalue weighted by Crippen LogP contribution is 2.16. The van der Waals surface area contributed by atoms with E-state index in [9.17, 15) is 9.59 Å². The molecule has 0 rings (SSSR count). The minimum absolute atomic E-state index is 0.0821. The molecule has 0 N–H and O–H groups in total.